The molecule has 2 aromatic rings. The van der Waals surface area contributed by atoms with Gasteiger partial charge in [-0.15, -0.1) is 0 Å². The highest BCUT2D eigenvalue weighted by Gasteiger charge is 2.13. The molecule has 3 heteroatoms. The molecule has 3 rings (SSSR count). The Kier molecular flexibility index (Phi) is 2.95. The minimum Gasteiger partial charge on any atom is -0.493 e. The van der Waals surface area contributed by atoms with E-state index in [2.05, 4.69) is 6.07 Å². The normalized spacial score (nSPS) is 12.7. The minimum atomic E-state index is -0.314. The van der Waals surface area contributed by atoms with Crippen molar-refractivity contribution in [1.82, 2.24) is 0 Å². The van der Waals surface area contributed by atoms with Crippen molar-refractivity contribution in [3.63, 3.8) is 0 Å². The summed E-state index contributed by atoms with van der Waals surface area (Å²) in [7, 11) is 1.39. The number of benzene rings is 2. The molecule has 0 aliphatic carbocycles. The van der Waals surface area contributed by atoms with Crippen molar-refractivity contribution in [3.05, 3.63) is 53.6 Å². The summed E-state index contributed by atoms with van der Waals surface area (Å²) >= 11 is 0. The second-order valence-electron chi connectivity index (χ2n) is 4.49. The molecule has 1 aliphatic rings. The minimum absolute atomic E-state index is 0.314. The summed E-state index contributed by atoms with van der Waals surface area (Å²) in [5, 5.41) is 0. The average Bonchev–Trinajstić information content (AvgIpc) is 2.94. The summed E-state index contributed by atoms with van der Waals surface area (Å²) in [5.74, 6) is 0.652. The molecule has 0 atom stereocenters. The molecule has 0 fully saturated rings. The SMILES string of the molecule is COC(=O)c1cccc(-c2ccc3c(c2)CCO3)c1. The van der Waals surface area contributed by atoms with Crippen molar-refractivity contribution in [2.24, 2.45) is 0 Å². The zero-order chi connectivity index (χ0) is 13.2. The topological polar surface area (TPSA) is 35.5 Å². The van der Waals surface area contributed by atoms with Gasteiger partial charge in [0.15, 0.2) is 0 Å². The molecule has 0 spiro atoms. The molecule has 0 N–H and O–H groups in total. The number of rotatable bonds is 2. The highest BCUT2D eigenvalue weighted by molar-refractivity contribution is 5.91. The number of esters is 1. The Balaban J connectivity index is 2.00. The van der Waals surface area contributed by atoms with Gasteiger partial charge in [0.1, 0.15) is 5.75 Å². The van der Waals surface area contributed by atoms with Gasteiger partial charge in [0.05, 0.1) is 19.3 Å². The van der Waals surface area contributed by atoms with E-state index in [-0.39, 0.29) is 5.97 Å². The highest BCUT2D eigenvalue weighted by atomic mass is 16.5. The summed E-state index contributed by atoms with van der Waals surface area (Å²) in [4.78, 5) is 11.5. The predicted octanol–water partition coefficient (Wildman–Crippen LogP) is 3.08. The number of fused-ring (bicyclic) bond motifs is 1. The smallest absolute Gasteiger partial charge is 0.337 e. The van der Waals surface area contributed by atoms with Gasteiger partial charge in [-0.1, -0.05) is 18.2 Å². The number of methoxy groups -OCH3 is 1. The van der Waals surface area contributed by atoms with Crippen LogP contribution in [0.15, 0.2) is 42.5 Å². The van der Waals surface area contributed by atoms with E-state index >= 15 is 0 Å². The third-order valence-corrected chi connectivity index (χ3v) is 3.31. The van der Waals surface area contributed by atoms with Gasteiger partial charge in [0.2, 0.25) is 0 Å². The Labute approximate surface area is 111 Å². The van der Waals surface area contributed by atoms with Crippen LogP contribution < -0.4 is 4.74 Å². The largest absolute Gasteiger partial charge is 0.493 e. The van der Waals surface area contributed by atoms with Gasteiger partial charge in [0, 0.05) is 6.42 Å². The zero-order valence-electron chi connectivity index (χ0n) is 10.7. The lowest BCUT2D eigenvalue weighted by Crippen LogP contribution is -2.00. The van der Waals surface area contributed by atoms with Gasteiger partial charge in [-0.2, -0.15) is 0 Å². The van der Waals surface area contributed by atoms with E-state index < -0.39 is 0 Å². The summed E-state index contributed by atoms with van der Waals surface area (Å²) in [6, 6.07) is 13.6. The second-order valence-corrected chi connectivity index (χ2v) is 4.49. The van der Waals surface area contributed by atoms with E-state index in [4.69, 9.17) is 9.47 Å². The van der Waals surface area contributed by atoms with Crippen molar-refractivity contribution in [3.8, 4) is 16.9 Å². The van der Waals surface area contributed by atoms with Gasteiger partial charge in [-0.05, 0) is 41.0 Å². The maximum absolute atomic E-state index is 11.5. The number of ether oxygens (including phenoxy) is 2. The Hall–Kier alpha value is -2.29. The predicted molar refractivity (Wildman–Crippen MR) is 72.4 cm³/mol. The first-order valence-electron chi connectivity index (χ1n) is 6.22. The Morgan fingerprint density at radius 1 is 1.16 bits per heavy atom. The van der Waals surface area contributed by atoms with Crippen molar-refractivity contribution in [2.75, 3.05) is 13.7 Å². The van der Waals surface area contributed by atoms with Crippen LogP contribution in [0.3, 0.4) is 0 Å². The van der Waals surface area contributed by atoms with Gasteiger partial charge in [0.25, 0.3) is 0 Å². The van der Waals surface area contributed by atoms with Crippen LogP contribution in [0.25, 0.3) is 11.1 Å². The molecule has 0 amide bonds. The monoisotopic (exact) mass is 254 g/mol. The lowest BCUT2D eigenvalue weighted by molar-refractivity contribution is 0.0601. The van der Waals surface area contributed by atoms with E-state index in [1.165, 1.54) is 12.7 Å². The van der Waals surface area contributed by atoms with Crippen LogP contribution in [-0.4, -0.2) is 19.7 Å². The molecule has 1 aliphatic heterocycles. The van der Waals surface area contributed by atoms with Crippen LogP contribution in [0.4, 0.5) is 0 Å². The fraction of sp³-hybridized carbons (Fsp3) is 0.188. The lowest BCUT2D eigenvalue weighted by atomic mass is 10.0. The summed E-state index contributed by atoms with van der Waals surface area (Å²) in [5.41, 5.74) is 3.89. The Bertz CT molecular complexity index is 632. The first kappa shape index (κ1) is 11.8. The average molecular weight is 254 g/mol. The van der Waals surface area contributed by atoms with Gasteiger partial charge in [-0.3, -0.25) is 0 Å². The standard InChI is InChI=1S/C16H14O3/c1-18-16(17)14-4-2-3-11(10-14)12-5-6-15-13(9-12)7-8-19-15/h2-6,9-10H,7-8H2,1H3. The first-order valence-corrected chi connectivity index (χ1v) is 6.22. The third kappa shape index (κ3) is 2.19. The number of carbonyl (C=O) groups excluding carboxylic acids is 1. The van der Waals surface area contributed by atoms with Gasteiger partial charge in [-0.25, -0.2) is 4.79 Å². The first-order chi connectivity index (χ1) is 9.28. The second kappa shape index (κ2) is 4.76. The molecular formula is C16H14O3. The molecule has 3 nitrogen and oxygen atoms in total. The van der Waals surface area contributed by atoms with Gasteiger partial charge >= 0.3 is 5.97 Å². The fourth-order valence-electron chi connectivity index (χ4n) is 2.31. The van der Waals surface area contributed by atoms with Crippen LogP contribution >= 0.6 is 0 Å². The molecular weight excluding hydrogens is 240 g/mol. The highest BCUT2D eigenvalue weighted by Crippen LogP contribution is 2.30. The van der Waals surface area contributed by atoms with E-state index in [9.17, 15) is 4.79 Å². The Morgan fingerprint density at radius 3 is 2.84 bits per heavy atom. The number of hydrogen-bond acceptors (Lipinski definition) is 3. The molecule has 0 aromatic heterocycles. The van der Waals surface area contributed by atoms with Crippen molar-refractivity contribution in [1.29, 1.82) is 0 Å². The van der Waals surface area contributed by atoms with E-state index in [1.54, 1.807) is 6.07 Å². The summed E-state index contributed by atoms with van der Waals surface area (Å²) in [6.45, 7) is 0.751. The molecule has 0 unspecified atom stereocenters. The lowest BCUT2D eigenvalue weighted by Gasteiger charge is -2.06. The third-order valence-electron chi connectivity index (χ3n) is 3.31. The van der Waals surface area contributed by atoms with E-state index in [0.717, 1.165) is 29.9 Å². The molecule has 0 saturated carbocycles. The zero-order valence-corrected chi connectivity index (χ0v) is 10.7. The Morgan fingerprint density at radius 2 is 2.00 bits per heavy atom. The van der Waals surface area contributed by atoms with Crippen LogP contribution in [0.1, 0.15) is 15.9 Å². The van der Waals surface area contributed by atoms with E-state index in [0.29, 0.717) is 5.56 Å². The molecule has 19 heavy (non-hydrogen) atoms. The molecule has 96 valence electrons. The van der Waals surface area contributed by atoms with Crippen molar-refractivity contribution in [2.45, 2.75) is 6.42 Å². The summed E-state index contributed by atoms with van der Waals surface area (Å²) < 4.78 is 10.2. The quantitative estimate of drug-likeness (QED) is 0.773. The van der Waals surface area contributed by atoms with E-state index in [1.807, 2.05) is 30.3 Å². The fourth-order valence-corrected chi connectivity index (χ4v) is 2.31. The van der Waals surface area contributed by atoms with Crippen LogP contribution in [0, 0.1) is 0 Å². The molecule has 0 saturated heterocycles. The van der Waals surface area contributed by atoms with Crippen molar-refractivity contribution < 1.29 is 14.3 Å². The molecule has 2 aromatic carbocycles. The molecule has 1 heterocycles. The van der Waals surface area contributed by atoms with Crippen LogP contribution in [0.2, 0.25) is 0 Å². The van der Waals surface area contributed by atoms with Crippen molar-refractivity contribution >= 4 is 5.97 Å². The molecule has 0 bridgehead atoms. The number of carbonyl (C=O) groups is 1. The molecule has 0 radical (unpaired) electrons. The van der Waals surface area contributed by atoms with Crippen LogP contribution in [-0.2, 0) is 11.2 Å². The maximum atomic E-state index is 11.5. The van der Waals surface area contributed by atoms with Gasteiger partial charge < -0.3 is 9.47 Å². The van der Waals surface area contributed by atoms with Crippen LogP contribution in [0.5, 0.6) is 5.75 Å². The number of hydrogen-bond donors (Lipinski definition) is 0. The maximum Gasteiger partial charge on any atom is 0.337 e. The summed E-state index contributed by atoms with van der Waals surface area (Å²) in [6.07, 6.45) is 0.944.